The molecule has 0 aliphatic carbocycles. The number of hydrogen-bond acceptors (Lipinski definition) is 5. The number of fused-ring (bicyclic) bond motifs is 1. The molecule has 1 fully saturated rings. The number of benzene rings is 2. The minimum atomic E-state index is -2.82. The summed E-state index contributed by atoms with van der Waals surface area (Å²) in [6.07, 6.45) is 0.319. The number of nitrogens with zero attached hydrogens (tertiary/aromatic N) is 7. The molecule has 1 aromatic heterocycles. The Bertz CT molecular complexity index is 1450. The van der Waals surface area contributed by atoms with E-state index in [1.807, 2.05) is 67.2 Å². The molecule has 2 aromatic carbocycles. The number of morpholine rings is 1. The molecule has 0 N–H and O–H groups in total. The third kappa shape index (κ3) is 4.68. The van der Waals surface area contributed by atoms with Crippen LogP contribution in [-0.4, -0.2) is 57.3 Å². The van der Waals surface area contributed by atoms with Gasteiger partial charge in [-0.05, 0) is 32.9 Å². The quantitative estimate of drug-likeness (QED) is 0.326. The SMILES string of the molecule is Cc1nn(CCC#N)c2c1[P@](=Nc1c(Cl)cccc1Cl)(N1C[C@@H](C)O[C@@H](C)C1)N(C)C(c1ccccc1)=N2. The molecule has 3 atom stereocenters. The lowest BCUT2D eigenvalue weighted by molar-refractivity contribution is -0.0442. The van der Waals surface area contributed by atoms with Crippen molar-refractivity contribution in [2.75, 3.05) is 20.1 Å². The number of halogens is 2. The Kier molecular flexibility index (Phi) is 7.68. The first-order chi connectivity index (χ1) is 18.3. The van der Waals surface area contributed by atoms with Crippen molar-refractivity contribution >= 4 is 53.2 Å². The summed E-state index contributed by atoms with van der Waals surface area (Å²) < 4.78 is 18.2. The van der Waals surface area contributed by atoms with Gasteiger partial charge >= 0.3 is 0 Å². The molecule has 1 saturated heterocycles. The molecule has 3 heterocycles. The normalized spacial score (nSPS) is 23.5. The molecule has 0 amide bonds. The molecule has 0 bridgehead atoms. The summed E-state index contributed by atoms with van der Waals surface area (Å²) >= 11 is 13.5. The van der Waals surface area contributed by atoms with Crippen molar-refractivity contribution in [1.29, 1.82) is 5.26 Å². The number of rotatable bonds is 5. The highest BCUT2D eigenvalue weighted by atomic mass is 35.5. The fourth-order valence-electron chi connectivity index (χ4n) is 5.24. The average molecular weight is 570 g/mol. The van der Waals surface area contributed by atoms with Crippen LogP contribution < -0.4 is 5.30 Å². The number of aryl methyl sites for hydroxylation is 2. The van der Waals surface area contributed by atoms with Crippen molar-refractivity contribution in [3.05, 3.63) is 69.8 Å². The fourth-order valence-corrected chi connectivity index (χ4v) is 9.91. The lowest BCUT2D eigenvalue weighted by Gasteiger charge is -2.49. The maximum absolute atomic E-state index is 9.33. The first kappa shape index (κ1) is 26.9. The van der Waals surface area contributed by atoms with Crippen LogP contribution >= 0.6 is 30.6 Å². The van der Waals surface area contributed by atoms with Gasteiger partial charge in [-0.1, -0.05) is 59.6 Å². The highest BCUT2D eigenvalue weighted by molar-refractivity contribution is 7.70. The number of ether oxygens (including phenoxy) is 1. The molecule has 8 nitrogen and oxygen atoms in total. The molecular weight excluding hydrogens is 540 g/mol. The van der Waals surface area contributed by atoms with E-state index in [-0.39, 0.29) is 12.2 Å². The molecule has 2 aliphatic rings. The van der Waals surface area contributed by atoms with Crippen molar-refractivity contribution in [2.45, 2.75) is 45.9 Å². The summed E-state index contributed by atoms with van der Waals surface area (Å²) in [5, 5.41) is 16.1. The van der Waals surface area contributed by atoms with E-state index in [2.05, 4.69) is 29.3 Å². The number of aromatic nitrogens is 2. The Hall–Kier alpha value is -2.66. The molecule has 0 unspecified atom stereocenters. The second-order valence-corrected chi connectivity index (χ2v) is 13.3. The molecule has 0 spiro atoms. The van der Waals surface area contributed by atoms with Crippen LogP contribution in [-0.2, 0) is 11.3 Å². The predicted octanol–water partition coefficient (Wildman–Crippen LogP) is 6.53. The second kappa shape index (κ2) is 10.8. The van der Waals surface area contributed by atoms with Gasteiger partial charge in [-0.2, -0.15) is 10.4 Å². The first-order valence-electron chi connectivity index (χ1n) is 12.6. The number of nitriles is 1. The fraction of sp³-hybridized carbons (Fsp3) is 0.370. The topological polar surface area (TPSA) is 82.0 Å². The summed E-state index contributed by atoms with van der Waals surface area (Å²) in [4.78, 5) is 5.16. The van der Waals surface area contributed by atoms with Crippen LogP contribution in [0, 0.1) is 18.3 Å². The number of hydrogen-bond donors (Lipinski definition) is 0. The van der Waals surface area contributed by atoms with Gasteiger partial charge in [-0.25, -0.2) is 19.1 Å². The maximum atomic E-state index is 9.33. The van der Waals surface area contributed by atoms with E-state index >= 15 is 0 Å². The predicted molar refractivity (Wildman–Crippen MR) is 154 cm³/mol. The van der Waals surface area contributed by atoms with E-state index in [9.17, 15) is 5.26 Å². The third-order valence-electron chi connectivity index (χ3n) is 6.75. The number of aliphatic imine (C=N–C) groups is 1. The highest BCUT2D eigenvalue weighted by Gasteiger charge is 2.47. The van der Waals surface area contributed by atoms with Crippen molar-refractivity contribution < 1.29 is 4.74 Å². The molecule has 0 saturated carbocycles. The number of amidine groups is 1. The summed E-state index contributed by atoms with van der Waals surface area (Å²) in [5.41, 5.74) is 2.34. The molecule has 2 aliphatic heterocycles. The van der Waals surface area contributed by atoms with Gasteiger partial charge in [0.2, 0.25) is 0 Å². The monoisotopic (exact) mass is 569 g/mol. The highest BCUT2D eigenvalue weighted by Crippen LogP contribution is 2.63. The molecule has 198 valence electrons. The zero-order valence-electron chi connectivity index (χ0n) is 21.8. The molecule has 5 rings (SSSR count). The van der Waals surface area contributed by atoms with Crippen LogP contribution in [0.5, 0.6) is 0 Å². The van der Waals surface area contributed by atoms with E-state index in [1.165, 1.54) is 0 Å². The minimum Gasteiger partial charge on any atom is -0.373 e. The Morgan fingerprint density at radius 1 is 1.08 bits per heavy atom. The van der Waals surface area contributed by atoms with Gasteiger partial charge in [0, 0.05) is 25.7 Å². The van der Waals surface area contributed by atoms with Crippen LogP contribution in [0.2, 0.25) is 10.0 Å². The summed E-state index contributed by atoms with van der Waals surface area (Å²) in [6, 6.07) is 17.8. The third-order valence-corrected chi connectivity index (χ3v) is 11.1. The van der Waals surface area contributed by atoms with Crippen molar-refractivity contribution in [3.8, 4) is 6.07 Å². The molecular formula is C27H30Cl2N7OP. The zero-order valence-corrected chi connectivity index (χ0v) is 24.3. The zero-order chi connectivity index (χ0) is 27.0. The molecule has 11 heteroatoms. The summed E-state index contributed by atoms with van der Waals surface area (Å²) in [7, 11) is -0.773. The van der Waals surface area contributed by atoms with Gasteiger partial charge in [0.05, 0.1) is 52.3 Å². The molecule has 38 heavy (non-hydrogen) atoms. The van der Waals surface area contributed by atoms with E-state index < -0.39 is 7.36 Å². The van der Waals surface area contributed by atoms with E-state index in [0.717, 1.165) is 28.2 Å². The van der Waals surface area contributed by atoms with Crippen LogP contribution in [0.15, 0.2) is 58.3 Å². The van der Waals surface area contributed by atoms with Gasteiger partial charge in [-0.15, -0.1) is 0 Å². The Morgan fingerprint density at radius 3 is 2.37 bits per heavy atom. The van der Waals surface area contributed by atoms with Crippen LogP contribution in [0.3, 0.4) is 0 Å². The van der Waals surface area contributed by atoms with Gasteiger partial charge in [0.1, 0.15) is 11.5 Å². The Morgan fingerprint density at radius 2 is 1.74 bits per heavy atom. The minimum absolute atomic E-state index is 0.00243. The van der Waals surface area contributed by atoms with Gasteiger partial charge in [0.15, 0.2) is 13.2 Å². The maximum Gasteiger partial charge on any atom is 0.165 e. The summed E-state index contributed by atoms with van der Waals surface area (Å²) in [6.45, 7) is 7.93. The second-order valence-electron chi connectivity index (χ2n) is 9.58. The van der Waals surface area contributed by atoms with Crippen LogP contribution in [0.1, 0.15) is 31.5 Å². The van der Waals surface area contributed by atoms with Crippen molar-refractivity contribution in [1.82, 2.24) is 19.1 Å². The van der Waals surface area contributed by atoms with Gasteiger partial charge in [0.25, 0.3) is 0 Å². The molecule has 3 aromatic rings. The van der Waals surface area contributed by atoms with E-state index in [4.69, 9.17) is 42.8 Å². The standard InChI is InChI=1S/C27H30Cl2N7OP/c1-18-16-35(17-19(2)37-18)38(33-24-22(28)12-8-13-23(24)29)25-20(3)32-36(15-9-14-30)27(25)31-26(34(38)4)21-10-6-5-7-11-21/h5-8,10-13,18-19H,9,15-17H2,1-4H3/t18-,19+,38-/m1/s1. The van der Waals surface area contributed by atoms with Crippen LogP contribution in [0.25, 0.3) is 0 Å². The summed E-state index contributed by atoms with van der Waals surface area (Å²) in [5.74, 6) is 1.50. The van der Waals surface area contributed by atoms with Gasteiger partial charge in [-0.3, -0.25) is 0 Å². The van der Waals surface area contributed by atoms with Gasteiger partial charge < -0.3 is 9.41 Å². The molecule has 0 radical (unpaired) electrons. The largest absolute Gasteiger partial charge is 0.373 e. The Balaban J connectivity index is 1.89. The average Bonchev–Trinajstić information content (AvgIpc) is 3.21. The van der Waals surface area contributed by atoms with Crippen LogP contribution in [0.4, 0.5) is 11.5 Å². The van der Waals surface area contributed by atoms with Crippen molar-refractivity contribution in [2.24, 2.45) is 9.74 Å². The van der Waals surface area contributed by atoms with Crippen molar-refractivity contribution in [3.63, 3.8) is 0 Å². The lowest BCUT2D eigenvalue weighted by atomic mass is 10.2. The lowest BCUT2D eigenvalue weighted by Crippen LogP contribution is -2.50. The van der Waals surface area contributed by atoms with E-state index in [1.54, 1.807) is 0 Å². The van der Waals surface area contributed by atoms with E-state index in [0.29, 0.717) is 41.8 Å². The first-order valence-corrected chi connectivity index (χ1v) is 15.0. The smallest absolute Gasteiger partial charge is 0.165 e. The Labute approximate surface area is 233 Å².